The van der Waals surface area contributed by atoms with E-state index < -0.39 is 0 Å². The van der Waals surface area contributed by atoms with Crippen molar-refractivity contribution in [1.82, 2.24) is 9.88 Å². The Bertz CT molecular complexity index is 1190. The van der Waals surface area contributed by atoms with Gasteiger partial charge in [0.15, 0.2) is 0 Å². The summed E-state index contributed by atoms with van der Waals surface area (Å²) in [5.41, 5.74) is 10.1. The molecule has 1 aromatic heterocycles. The first-order valence-corrected chi connectivity index (χ1v) is 12.7. The smallest absolute Gasteiger partial charge is 0.133 e. The molecule has 1 aliphatic heterocycles. The van der Waals surface area contributed by atoms with Crippen molar-refractivity contribution in [3.05, 3.63) is 47.5 Å². The number of aromatic hydroxyl groups is 1. The predicted molar refractivity (Wildman–Crippen MR) is 145 cm³/mol. The normalized spacial score (nSPS) is 16.6. The van der Waals surface area contributed by atoms with Crippen LogP contribution in [0.5, 0.6) is 11.5 Å². The molecule has 0 bridgehead atoms. The summed E-state index contributed by atoms with van der Waals surface area (Å²) >= 11 is 0. The van der Waals surface area contributed by atoms with Crippen LogP contribution in [0.25, 0.3) is 22.0 Å². The molecule has 2 aromatic carbocycles. The van der Waals surface area contributed by atoms with E-state index in [0.717, 1.165) is 46.5 Å². The number of anilines is 1. The van der Waals surface area contributed by atoms with Crippen LogP contribution in [0.1, 0.15) is 63.0 Å². The van der Waals surface area contributed by atoms with Gasteiger partial charge in [0.2, 0.25) is 0 Å². The van der Waals surface area contributed by atoms with Crippen LogP contribution in [-0.2, 0) is 0 Å². The maximum Gasteiger partial charge on any atom is 0.133 e. The lowest BCUT2D eigenvalue weighted by Crippen LogP contribution is -2.29. The first-order valence-electron chi connectivity index (χ1n) is 12.7. The van der Waals surface area contributed by atoms with E-state index in [1.165, 1.54) is 37.9 Å². The monoisotopic (exact) mass is 474 g/mol. The fourth-order valence-electron chi connectivity index (χ4n) is 4.97. The highest BCUT2D eigenvalue weighted by molar-refractivity contribution is 6.14. The summed E-state index contributed by atoms with van der Waals surface area (Å²) in [6, 6.07) is 11.0. The van der Waals surface area contributed by atoms with Crippen LogP contribution in [0.15, 0.2) is 36.4 Å². The molecule has 6 heteroatoms. The Morgan fingerprint density at radius 2 is 1.77 bits per heavy atom. The Morgan fingerprint density at radius 1 is 1.11 bits per heavy atom. The highest BCUT2D eigenvalue weighted by atomic mass is 16.5. The van der Waals surface area contributed by atoms with Gasteiger partial charge in [-0.3, -0.25) is 0 Å². The second kappa shape index (κ2) is 10.6. The van der Waals surface area contributed by atoms with Gasteiger partial charge in [0.1, 0.15) is 17.3 Å². The first kappa shape index (κ1) is 25.0. The molecule has 1 saturated heterocycles. The zero-order chi connectivity index (χ0) is 25.1. The molecule has 0 amide bonds. The highest BCUT2D eigenvalue weighted by Crippen LogP contribution is 2.47. The maximum absolute atomic E-state index is 9.58. The van der Waals surface area contributed by atoms with Crippen LogP contribution in [0.4, 0.5) is 5.82 Å². The van der Waals surface area contributed by atoms with E-state index in [-0.39, 0.29) is 5.75 Å². The second-order valence-electron chi connectivity index (χ2n) is 9.96. The van der Waals surface area contributed by atoms with Gasteiger partial charge in [0.25, 0.3) is 0 Å². The van der Waals surface area contributed by atoms with Crippen molar-refractivity contribution in [2.75, 3.05) is 33.0 Å². The van der Waals surface area contributed by atoms with E-state index in [0.29, 0.717) is 23.0 Å². The number of benzene rings is 2. The Kier molecular flexibility index (Phi) is 7.60. The topological polar surface area (TPSA) is 95.5 Å². The van der Waals surface area contributed by atoms with Crippen LogP contribution >= 0.6 is 0 Å². The SMILES string of the molecule is CCC1CCN(C)CC1.COc1cc2c(-c3ccc(O)cc3)nc(N)c(C(C)=N)c2cc1C1CC1. The van der Waals surface area contributed by atoms with Crippen LogP contribution in [0, 0.1) is 11.3 Å². The van der Waals surface area contributed by atoms with Crippen molar-refractivity contribution in [1.29, 1.82) is 5.41 Å². The summed E-state index contributed by atoms with van der Waals surface area (Å²) in [5.74, 6) is 2.94. The van der Waals surface area contributed by atoms with Crippen molar-refractivity contribution >= 4 is 22.3 Å². The first-order chi connectivity index (χ1) is 16.8. The molecule has 5 rings (SSSR count). The van der Waals surface area contributed by atoms with E-state index in [1.807, 2.05) is 18.2 Å². The Labute approximate surface area is 208 Å². The van der Waals surface area contributed by atoms with Gasteiger partial charge in [-0.1, -0.05) is 13.3 Å². The number of piperidine rings is 1. The van der Waals surface area contributed by atoms with E-state index in [1.54, 1.807) is 26.2 Å². The lowest BCUT2D eigenvalue weighted by Gasteiger charge is -2.27. The van der Waals surface area contributed by atoms with Gasteiger partial charge in [-0.05, 0) is 112 Å². The molecular formula is C29H38N4O2. The number of methoxy groups -OCH3 is 1. The number of hydrogen-bond donors (Lipinski definition) is 3. The number of hydrogen-bond acceptors (Lipinski definition) is 6. The summed E-state index contributed by atoms with van der Waals surface area (Å²) in [7, 11) is 3.90. The highest BCUT2D eigenvalue weighted by Gasteiger charge is 2.28. The molecule has 0 spiro atoms. The van der Waals surface area contributed by atoms with Crippen molar-refractivity contribution in [2.24, 2.45) is 5.92 Å². The number of nitrogens with one attached hydrogen (secondary N) is 1. The van der Waals surface area contributed by atoms with Gasteiger partial charge < -0.3 is 25.9 Å². The number of ether oxygens (including phenoxy) is 1. The quantitative estimate of drug-likeness (QED) is 0.383. The lowest BCUT2D eigenvalue weighted by molar-refractivity contribution is 0.216. The number of aromatic nitrogens is 1. The van der Waals surface area contributed by atoms with Crippen LogP contribution in [0.2, 0.25) is 0 Å². The molecule has 2 aliphatic rings. The second-order valence-corrected chi connectivity index (χ2v) is 9.96. The standard InChI is InChI=1S/C21H21N3O2.C8H17N/c1-11(22)19-16-9-15(12-3-4-12)18(26-2)10-17(16)20(24-21(19)23)13-5-7-14(25)8-6-13;1-3-8-4-6-9(2)7-5-8/h5-10,12,22,25H,3-4H2,1-2H3,(H2,23,24);8H,3-7H2,1-2H3. The fourth-order valence-corrected chi connectivity index (χ4v) is 4.97. The van der Waals surface area contributed by atoms with Crippen molar-refractivity contribution in [3.8, 4) is 22.8 Å². The minimum absolute atomic E-state index is 0.201. The van der Waals surface area contributed by atoms with Gasteiger partial charge >= 0.3 is 0 Å². The van der Waals surface area contributed by atoms with Gasteiger partial charge in [-0.25, -0.2) is 4.98 Å². The molecule has 4 N–H and O–H groups in total. The number of phenols is 1. The molecule has 0 radical (unpaired) electrons. The third-order valence-electron chi connectivity index (χ3n) is 7.33. The average Bonchev–Trinajstić information content (AvgIpc) is 3.69. The predicted octanol–water partition coefficient (Wildman–Crippen LogP) is 6.20. The fraction of sp³-hybridized carbons (Fsp3) is 0.448. The average molecular weight is 475 g/mol. The van der Waals surface area contributed by atoms with Crippen molar-refractivity contribution in [2.45, 2.75) is 51.9 Å². The largest absolute Gasteiger partial charge is 0.508 e. The number of nitrogens with zero attached hydrogens (tertiary/aromatic N) is 2. The summed E-state index contributed by atoms with van der Waals surface area (Å²) in [4.78, 5) is 7.01. The number of nitrogens with two attached hydrogens (primary N) is 1. The molecular weight excluding hydrogens is 436 g/mol. The van der Waals surface area contributed by atoms with Crippen molar-refractivity contribution in [3.63, 3.8) is 0 Å². The summed E-state index contributed by atoms with van der Waals surface area (Å²) in [6.07, 6.45) is 6.55. The third kappa shape index (κ3) is 5.59. The van der Waals surface area contributed by atoms with E-state index in [4.69, 9.17) is 15.9 Å². The zero-order valence-electron chi connectivity index (χ0n) is 21.4. The molecule has 186 valence electrons. The molecule has 2 heterocycles. The maximum atomic E-state index is 9.58. The van der Waals surface area contributed by atoms with Crippen LogP contribution < -0.4 is 10.5 Å². The van der Waals surface area contributed by atoms with E-state index in [9.17, 15) is 5.11 Å². The molecule has 1 aliphatic carbocycles. The molecule has 3 aromatic rings. The summed E-state index contributed by atoms with van der Waals surface area (Å²) in [6.45, 7) is 6.67. The molecule has 35 heavy (non-hydrogen) atoms. The van der Waals surface area contributed by atoms with Gasteiger partial charge in [-0.15, -0.1) is 0 Å². The minimum atomic E-state index is 0.201. The number of nitrogen functional groups attached to an aromatic ring is 1. The van der Waals surface area contributed by atoms with Crippen molar-refractivity contribution < 1.29 is 9.84 Å². The Morgan fingerprint density at radius 3 is 2.31 bits per heavy atom. The number of likely N-dealkylation sites (tertiary alicyclic amines) is 1. The van der Waals surface area contributed by atoms with Crippen LogP contribution in [-0.4, -0.2) is 47.9 Å². The lowest BCUT2D eigenvalue weighted by atomic mass is 9.94. The summed E-state index contributed by atoms with van der Waals surface area (Å²) < 4.78 is 5.64. The number of fused-ring (bicyclic) bond motifs is 1. The zero-order valence-corrected chi connectivity index (χ0v) is 21.4. The Balaban J connectivity index is 0.000000271. The number of phenolic OH excluding ortho intramolecular Hbond substituents is 1. The van der Waals surface area contributed by atoms with Gasteiger partial charge in [0, 0.05) is 22.2 Å². The minimum Gasteiger partial charge on any atom is -0.508 e. The van der Waals surface area contributed by atoms with E-state index in [2.05, 4.69) is 29.9 Å². The molecule has 6 nitrogen and oxygen atoms in total. The molecule has 0 atom stereocenters. The number of pyridine rings is 1. The molecule has 2 fully saturated rings. The number of rotatable bonds is 5. The Hall–Kier alpha value is -3.12. The third-order valence-corrected chi connectivity index (χ3v) is 7.33. The molecule has 0 unspecified atom stereocenters. The van der Waals surface area contributed by atoms with Gasteiger partial charge in [0.05, 0.1) is 12.8 Å². The molecule has 1 saturated carbocycles. The summed E-state index contributed by atoms with van der Waals surface area (Å²) in [5, 5.41) is 19.6. The van der Waals surface area contributed by atoms with Gasteiger partial charge in [-0.2, -0.15) is 0 Å². The van der Waals surface area contributed by atoms with E-state index >= 15 is 0 Å². The van der Waals surface area contributed by atoms with Crippen LogP contribution in [0.3, 0.4) is 0 Å².